The van der Waals surface area contributed by atoms with Crippen LogP contribution >= 0.6 is 0 Å². The van der Waals surface area contributed by atoms with Gasteiger partial charge in [0.25, 0.3) is 5.91 Å². The van der Waals surface area contributed by atoms with E-state index in [1.807, 2.05) is 41.1 Å². The van der Waals surface area contributed by atoms with Crippen LogP contribution in [0.4, 0.5) is 0 Å². The zero-order valence-electron chi connectivity index (χ0n) is 10.1. The van der Waals surface area contributed by atoms with Crippen molar-refractivity contribution in [1.29, 1.82) is 0 Å². The molecule has 2 aromatic rings. The minimum Gasteiger partial charge on any atom is -0.338 e. The van der Waals surface area contributed by atoms with Gasteiger partial charge in [-0.2, -0.15) is 0 Å². The van der Waals surface area contributed by atoms with Gasteiger partial charge in [0.05, 0.1) is 0 Å². The lowest BCUT2D eigenvalue weighted by molar-refractivity contribution is -0.129. The molecule has 5 heteroatoms. The van der Waals surface area contributed by atoms with Crippen molar-refractivity contribution >= 4 is 22.7 Å². The van der Waals surface area contributed by atoms with E-state index in [9.17, 15) is 9.59 Å². The van der Waals surface area contributed by atoms with Gasteiger partial charge < -0.3 is 4.57 Å². The maximum atomic E-state index is 11.6. The van der Waals surface area contributed by atoms with Crippen molar-refractivity contribution in [2.45, 2.75) is 19.9 Å². The zero-order valence-corrected chi connectivity index (χ0v) is 10.1. The van der Waals surface area contributed by atoms with Crippen LogP contribution in [0.25, 0.3) is 10.9 Å². The molecule has 0 aliphatic carbocycles. The van der Waals surface area contributed by atoms with Crippen LogP contribution in [0.1, 0.15) is 13.3 Å². The Balaban J connectivity index is 2.01. The molecule has 0 atom stereocenters. The fourth-order valence-corrected chi connectivity index (χ4v) is 1.70. The number of carbonyl (C=O) groups is 2. The van der Waals surface area contributed by atoms with Crippen molar-refractivity contribution in [3.63, 3.8) is 0 Å². The third-order valence-electron chi connectivity index (χ3n) is 2.66. The lowest BCUT2D eigenvalue weighted by Crippen LogP contribution is -2.42. The standard InChI is InChI=1S/C13H15N3O2/c1-2-12(17)14-15-13(18)9-16-8-7-10-5-3-4-6-11(10)16/h3-8H,2,9H2,1H3,(H,14,17)(H,15,18). The first-order valence-electron chi connectivity index (χ1n) is 5.82. The normalized spacial score (nSPS) is 10.3. The van der Waals surface area contributed by atoms with Crippen molar-refractivity contribution in [3.8, 4) is 0 Å². The van der Waals surface area contributed by atoms with Crippen LogP contribution < -0.4 is 10.9 Å². The van der Waals surface area contributed by atoms with Crippen LogP contribution in [-0.4, -0.2) is 16.4 Å². The van der Waals surface area contributed by atoms with Crippen LogP contribution in [0.5, 0.6) is 0 Å². The van der Waals surface area contributed by atoms with Crippen LogP contribution in [0.15, 0.2) is 36.5 Å². The van der Waals surface area contributed by atoms with Gasteiger partial charge in [-0.05, 0) is 17.5 Å². The molecule has 18 heavy (non-hydrogen) atoms. The Morgan fingerprint density at radius 3 is 2.61 bits per heavy atom. The summed E-state index contributed by atoms with van der Waals surface area (Å²) in [5, 5.41) is 1.09. The van der Waals surface area contributed by atoms with E-state index in [0.29, 0.717) is 6.42 Å². The number of hydrogen-bond acceptors (Lipinski definition) is 2. The van der Waals surface area contributed by atoms with E-state index < -0.39 is 0 Å². The number of aromatic nitrogens is 1. The summed E-state index contributed by atoms with van der Waals surface area (Å²) in [5.41, 5.74) is 5.71. The van der Waals surface area contributed by atoms with E-state index in [-0.39, 0.29) is 18.4 Å². The molecule has 0 aliphatic heterocycles. The lowest BCUT2D eigenvalue weighted by atomic mass is 10.2. The molecule has 0 radical (unpaired) electrons. The maximum Gasteiger partial charge on any atom is 0.258 e. The van der Waals surface area contributed by atoms with Gasteiger partial charge in [0.15, 0.2) is 0 Å². The summed E-state index contributed by atoms with van der Waals surface area (Å²) in [6.07, 6.45) is 2.19. The molecule has 0 spiro atoms. The van der Waals surface area contributed by atoms with Crippen molar-refractivity contribution in [2.75, 3.05) is 0 Å². The average Bonchev–Trinajstić information content (AvgIpc) is 2.79. The second-order valence-electron chi connectivity index (χ2n) is 3.95. The summed E-state index contributed by atoms with van der Waals surface area (Å²) in [7, 11) is 0. The Morgan fingerprint density at radius 2 is 1.83 bits per heavy atom. The third kappa shape index (κ3) is 2.68. The number of rotatable bonds is 3. The zero-order chi connectivity index (χ0) is 13.0. The summed E-state index contributed by atoms with van der Waals surface area (Å²) in [6.45, 7) is 1.90. The summed E-state index contributed by atoms with van der Waals surface area (Å²) >= 11 is 0. The van der Waals surface area contributed by atoms with Gasteiger partial charge in [-0.15, -0.1) is 0 Å². The highest BCUT2D eigenvalue weighted by atomic mass is 16.2. The highest BCUT2D eigenvalue weighted by Gasteiger charge is 2.06. The molecule has 0 bridgehead atoms. The molecule has 0 fully saturated rings. The first kappa shape index (κ1) is 12.2. The highest BCUT2D eigenvalue weighted by molar-refractivity contribution is 5.84. The van der Waals surface area contributed by atoms with Crippen LogP contribution in [0.2, 0.25) is 0 Å². The summed E-state index contributed by atoms with van der Waals surface area (Å²) < 4.78 is 1.84. The molecule has 2 rings (SSSR count). The monoisotopic (exact) mass is 245 g/mol. The van der Waals surface area contributed by atoms with Crippen LogP contribution in [0, 0.1) is 0 Å². The first-order chi connectivity index (χ1) is 8.70. The fourth-order valence-electron chi connectivity index (χ4n) is 1.70. The maximum absolute atomic E-state index is 11.6. The SMILES string of the molecule is CCC(=O)NNC(=O)Cn1ccc2ccccc21. The van der Waals surface area contributed by atoms with Crippen molar-refractivity contribution in [1.82, 2.24) is 15.4 Å². The number of hydrogen-bond donors (Lipinski definition) is 2. The van der Waals surface area contributed by atoms with Crippen molar-refractivity contribution < 1.29 is 9.59 Å². The van der Waals surface area contributed by atoms with E-state index in [2.05, 4.69) is 10.9 Å². The number of fused-ring (bicyclic) bond motifs is 1. The molecule has 2 amide bonds. The number of para-hydroxylation sites is 1. The average molecular weight is 245 g/mol. The first-order valence-corrected chi connectivity index (χ1v) is 5.82. The van der Waals surface area contributed by atoms with E-state index >= 15 is 0 Å². The molecule has 1 heterocycles. The summed E-state index contributed by atoms with van der Waals surface area (Å²) in [5.74, 6) is -0.459. The minimum absolute atomic E-state index is 0.178. The fraction of sp³-hybridized carbons (Fsp3) is 0.231. The number of hydrazine groups is 1. The van der Waals surface area contributed by atoms with Gasteiger partial charge in [0.2, 0.25) is 5.91 Å². The molecule has 0 unspecified atom stereocenters. The number of amides is 2. The Morgan fingerprint density at radius 1 is 1.11 bits per heavy atom. The smallest absolute Gasteiger partial charge is 0.258 e. The highest BCUT2D eigenvalue weighted by Crippen LogP contribution is 2.14. The van der Waals surface area contributed by atoms with Gasteiger partial charge in [0.1, 0.15) is 6.54 Å². The van der Waals surface area contributed by atoms with Gasteiger partial charge in [-0.1, -0.05) is 25.1 Å². The van der Waals surface area contributed by atoms with E-state index in [4.69, 9.17) is 0 Å². The number of carbonyl (C=O) groups excluding carboxylic acids is 2. The summed E-state index contributed by atoms with van der Waals surface area (Å²) in [4.78, 5) is 22.6. The molecular weight excluding hydrogens is 230 g/mol. The number of nitrogens with one attached hydrogen (secondary N) is 2. The second-order valence-corrected chi connectivity index (χ2v) is 3.95. The molecule has 5 nitrogen and oxygen atoms in total. The summed E-state index contributed by atoms with van der Waals surface area (Å²) in [6, 6.07) is 9.77. The molecule has 1 aromatic carbocycles. The molecule has 0 saturated carbocycles. The van der Waals surface area contributed by atoms with E-state index in [1.54, 1.807) is 6.92 Å². The minimum atomic E-state index is -0.252. The quantitative estimate of drug-likeness (QED) is 0.798. The van der Waals surface area contributed by atoms with Gasteiger partial charge in [-0.25, -0.2) is 0 Å². The van der Waals surface area contributed by atoms with Crippen molar-refractivity contribution in [2.24, 2.45) is 0 Å². The molecular formula is C13H15N3O2. The molecule has 94 valence electrons. The van der Waals surface area contributed by atoms with Gasteiger partial charge in [0, 0.05) is 18.1 Å². The predicted molar refractivity (Wildman–Crippen MR) is 68.5 cm³/mol. The molecule has 0 saturated heterocycles. The Labute approximate surface area is 105 Å². The van der Waals surface area contributed by atoms with E-state index in [1.165, 1.54) is 0 Å². The van der Waals surface area contributed by atoms with Crippen molar-refractivity contribution in [3.05, 3.63) is 36.5 Å². The Kier molecular flexibility index (Phi) is 3.62. The number of benzene rings is 1. The topological polar surface area (TPSA) is 63.1 Å². The van der Waals surface area contributed by atoms with E-state index in [0.717, 1.165) is 10.9 Å². The lowest BCUT2D eigenvalue weighted by Gasteiger charge is -2.07. The molecule has 1 aromatic heterocycles. The second kappa shape index (κ2) is 5.35. The Hall–Kier alpha value is -2.30. The van der Waals surface area contributed by atoms with Crippen LogP contribution in [0.3, 0.4) is 0 Å². The molecule has 0 aliphatic rings. The third-order valence-corrected chi connectivity index (χ3v) is 2.66. The molecule has 2 N–H and O–H groups in total. The Bertz CT molecular complexity index is 574. The predicted octanol–water partition coefficient (Wildman–Crippen LogP) is 1.20. The largest absolute Gasteiger partial charge is 0.338 e. The van der Waals surface area contributed by atoms with Gasteiger partial charge in [-0.3, -0.25) is 20.4 Å². The van der Waals surface area contributed by atoms with Gasteiger partial charge >= 0.3 is 0 Å². The number of nitrogens with zero attached hydrogens (tertiary/aromatic N) is 1. The van der Waals surface area contributed by atoms with Crippen LogP contribution in [-0.2, 0) is 16.1 Å².